The SMILES string of the molecule is C/C=C\C=C/c1cc2c([nH]1)C=CCC=C2. The first-order valence-corrected chi connectivity index (χ1v) is 5.25. The Balaban J connectivity index is 2.26. The van der Waals surface area contributed by atoms with Gasteiger partial charge < -0.3 is 4.98 Å². The van der Waals surface area contributed by atoms with Crippen LogP contribution in [0.15, 0.2) is 36.4 Å². The number of rotatable bonds is 2. The Morgan fingerprint density at radius 1 is 1.20 bits per heavy atom. The molecule has 0 aromatic carbocycles. The molecule has 0 aliphatic heterocycles. The highest BCUT2D eigenvalue weighted by Crippen LogP contribution is 2.18. The maximum Gasteiger partial charge on any atom is 0.0455 e. The molecule has 0 fully saturated rings. The van der Waals surface area contributed by atoms with Crippen LogP contribution < -0.4 is 0 Å². The Labute approximate surface area is 90.5 Å². The molecule has 0 atom stereocenters. The molecule has 1 N–H and O–H groups in total. The molecule has 0 saturated heterocycles. The molecule has 0 unspecified atom stereocenters. The second-order valence-corrected chi connectivity index (χ2v) is 3.52. The normalized spacial score (nSPS) is 15.0. The van der Waals surface area contributed by atoms with Crippen molar-refractivity contribution in [2.24, 2.45) is 0 Å². The first kappa shape index (κ1) is 9.78. The minimum absolute atomic E-state index is 1.02. The number of hydrogen-bond donors (Lipinski definition) is 1. The van der Waals surface area contributed by atoms with Crippen molar-refractivity contribution >= 4 is 18.2 Å². The fraction of sp³-hybridized carbons (Fsp3) is 0.143. The lowest BCUT2D eigenvalue weighted by atomic mass is 10.2. The van der Waals surface area contributed by atoms with Crippen molar-refractivity contribution in [3.8, 4) is 0 Å². The monoisotopic (exact) mass is 197 g/mol. The lowest BCUT2D eigenvalue weighted by Crippen LogP contribution is -1.73. The van der Waals surface area contributed by atoms with E-state index < -0.39 is 0 Å². The first-order valence-electron chi connectivity index (χ1n) is 5.25. The fourth-order valence-electron chi connectivity index (χ4n) is 1.60. The van der Waals surface area contributed by atoms with Gasteiger partial charge in [-0.1, -0.05) is 36.5 Å². The van der Waals surface area contributed by atoms with Gasteiger partial charge in [0.05, 0.1) is 0 Å². The summed E-state index contributed by atoms with van der Waals surface area (Å²) in [6.45, 7) is 2.01. The Morgan fingerprint density at radius 3 is 2.93 bits per heavy atom. The minimum Gasteiger partial charge on any atom is -0.355 e. The molecular formula is C14H15N. The standard InChI is InChI=1S/C14H15N/c1-2-3-5-9-13-11-12-8-6-4-7-10-14(12)15-13/h2-3,5-11,15H,4H2,1H3/b3-2-,9-5-. The van der Waals surface area contributed by atoms with Crippen molar-refractivity contribution in [2.45, 2.75) is 13.3 Å². The van der Waals surface area contributed by atoms with Crippen LogP contribution in [0.5, 0.6) is 0 Å². The molecule has 1 heteroatoms. The van der Waals surface area contributed by atoms with E-state index >= 15 is 0 Å². The van der Waals surface area contributed by atoms with Gasteiger partial charge in [-0.3, -0.25) is 0 Å². The first-order chi connectivity index (χ1) is 7.40. The summed E-state index contributed by atoms with van der Waals surface area (Å²) in [6.07, 6.45) is 17.8. The van der Waals surface area contributed by atoms with E-state index in [1.54, 1.807) is 0 Å². The summed E-state index contributed by atoms with van der Waals surface area (Å²) in [4.78, 5) is 3.37. The Bertz CT molecular complexity index is 412. The second kappa shape index (κ2) is 4.65. The van der Waals surface area contributed by atoms with Crippen LogP contribution >= 0.6 is 0 Å². The smallest absolute Gasteiger partial charge is 0.0455 e. The molecule has 0 saturated carbocycles. The zero-order chi connectivity index (χ0) is 10.5. The third-order valence-electron chi connectivity index (χ3n) is 2.33. The molecule has 1 aliphatic carbocycles. The van der Waals surface area contributed by atoms with Crippen molar-refractivity contribution in [1.29, 1.82) is 0 Å². The molecule has 1 nitrogen and oxygen atoms in total. The van der Waals surface area contributed by atoms with Crippen LogP contribution in [-0.2, 0) is 0 Å². The number of hydrogen-bond acceptors (Lipinski definition) is 0. The van der Waals surface area contributed by atoms with E-state index in [9.17, 15) is 0 Å². The van der Waals surface area contributed by atoms with Crippen LogP contribution in [0.1, 0.15) is 30.3 Å². The molecule has 1 aliphatic rings. The summed E-state index contributed by atoms with van der Waals surface area (Å²) >= 11 is 0. The molecule has 1 aromatic heterocycles. The van der Waals surface area contributed by atoms with Crippen molar-refractivity contribution in [3.05, 3.63) is 53.4 Å². The van der Waals surface area contributed by atoms with Crippen molar-refractivity contribution in [3.63, 3.8) is 0 Å². The molecule has 0 bridgehead atoms. The van der Waals surface area contributed by atoms with Crippen molar-refractivity contribution in [1.82, 2.24) is 4.98 Å². The highest BCUT2D eigenvalue weighted by molar-refractivity contribution is 5.68. The summed E-state index contributed by atoms with van der Waals surface area (Å²) in [5.41, 5.74) is 3.61. The predicted molar refractivity (Wildman–Crippen MR) is 67.3 cm³/mol. The van der Waals surface area contributed by atoms with Crippen molar-refractivity contribution < 1.29 is 0 Å². The zero-order valence-electron chi connectivity index (χ0n) is 8.90. The van der Waals surface area contributed by atoms with Gasteiger partial charge in [0.25, 0.3) is 0 Å². The van der Waals surface area contributed by atoms with E-state index in [1.807, 2.05) is 25.2 Å². The van der Waals surface area contributed by atoms with E-state index in [0.717, 1.165) is 12.1 Å². The molecule has 0 radical (unpaired) electrons. The molecule has 0 amide bonds. The number of fused-ring (bicyclic) bond motifs is 1. The second-order valence-electron chi connectivity index (χ2n) is 3.52. The van der Waals surface area contributed by atoms with Gasteiger partial charge in [0.1, 0.15) is 0 Å². The maximum atomic E-state index is 3.37. The molecule has 2 rings (SSSR count). The number of allylic oxidation sites excluding steroid dienone is 5. The Kier molecular flexibility index (Phi) is 3.03. The number of aromatic amines is 1. The number of aromatic nitrogens is 1. The van der Waals surface area contributed by atoms with Gasteiger partial charge in [-0.15, -0.1) is 0 Å². The van der Waals surface area contributed by atoms with Crippen LogP contribution in [0.2, 0.25) is 0 Å². The summed E-state index contributed by atoms with van der Waals surface area (Å²) in [5, 5.41) is 0. The third kappa shape index (κ3) is 2.38. The fourth-order valence-corrected chi connectivity index (χ4v) is 1.60. The predicted octanol–water partition coefficient (Wildman–Crippen LogP) is 4.03. The lowest BCUT2D eigenvalue weighted by molar-refractivity contribution is 1.34. The van der Waals surface area contributed by atoms with Crippen LogP contribution in [0.25, 0.3) is 18.2 Å². The highest BCUT2D eigenvalue weighted by Gasteiger charge is 2.02. The topological polar surface area (TPSA) is 15.8 Å². The van der Waals surface area contributed by atoms with E-state index in [0.29, 0.717) is 0 Å². The van der Waals surface area contributed by atoms with Gasteiger partial charge in [0.15, 0.2) is 0 Å². The van der Waals surface area contributed by atoms with Gasteiger partial charge in [0.2, 0.25) is 0 Å². The number of H-pyrrole nitrogens is 1. The average molecular weight is 197 g/mol. The molecule has 0 spiro atoms. The summed E-state index contributed by atoms with van der Waals surface area (Å²) in [7, 11) is 0. The lowest BCUT2D eigenvalue weighted by Gasteiger charge is -1.87. The van der Waals surface area contributed by atoms with Gasteiger partial charge in [-0.05, 0) is 37.1 Å². The van der Waals surface area contributed by atoms with Gasteiger partial charge in [0, 0.05) is 11.4 Å². The van der Waals surface area contributed by atoms with E-state index in [-0.39, 0.29) is 0 Å². The maximum absolute atomic E-state index is 3.37. The Hall–Kier alpha value is -1.76. The van der Waals surface area contributed by atoms with E-state index in [2.05, 4.69) is 41.4 Å². The molecular weight excluding hydrogens is 182 g/mol. The Morgan fingerprint density at radius 2 is 2.07 bits per heavy atom. The largest absolute Gasteiger partial charge is 0.355 e. The zero-order valence-corrected chi connectivity index (χ0v) is 8.90. The molecule has 1 aromatic rings. The summed E-state index contributed by atoms with van der Waals surface area (Å²) in [5.74, 6) is 0. The van der Waals surface area contributed by atoms with Gasteiger partial charge in [-0.2, -0.15) is 0 Å². The van der Waals surface area contributed by atoms with Crippen LogP contribution in [0, 0.1) is 0 Å². The van der Waals surface area contributed by atoms with Gasteiger partial charge in [-0.25, -0.2) is 0 Å². The van der Waals surface area contributed by atoms with E-state index in [1.165, 1.54) is 11.3 Å². The van der Waals surface area contributed by atoms with Crippen LogP contribution in [0.4, 0.5) is 0 Å². The minimum atomic E-state index is 1.02. The number of nitrogens with one attached hydrogen (secondary N) is 1. The quantitative estimate of drug-likeness (QED) is 0.689. The molecule has 1 heterocycles. The third-order valence-corrected chi connectivity index (χ3v) is 2.33. The average Bonchev–Trinajstić information content (AvgIpc) is 2.49. The van der Waals surface area contributed by atoms with Crippen LogP contribution in [0.3, 0.4) is 0 Å². The summed E-state index contributed by atoms with van der Waals surface area (Å²) in [6, 6.07) is 2.17. The molecule has 15 heavy (non-hydrogen) atoms. The molecule has 76 valence electrons. The van der Waals surface area contributed by atoms with E-state index in [4.69, 9.17) is 0 Å². The van der Waals surface area contributed by atoms with Crippen LogP contribution in [-0.4, -0.2) is 4.98 Å². The summed E-state index contributed by atoms with van der Waals surface area (Å²) < 4.78 is 0. The highest BCUT2D eigenvalue weighted by atomic mass is 14.7. The van der Waals surface area contributed by atoms with Crippen molar-refractivity contribution in [2.75, 3.05) is 0 Å². The van der Waals surface area contributed by atoms with Gasteiger partial charge >= 0.3 is 0 Å².